The number of aryl methyl sites for hydroxylation is 3. The Morgan fingerprint density at radius 2 is 1.76 bits per heavy atom. The maximum absolute atomic E-state index is 13.1. The molecule has 1 fully saturated rings. The Labute approximate surface area is 214 Å². The molecular weight excluding hydrogens is 470 g/mol. The number of anilines is 1. The fraction of sp³-hybridized carbons (Fsp3) is 0.333. The number of nitro groups is 1. The van der Waals surface area contributed by atoms with E-state index < -0.39 is 4.92 Å². The largest absolute Gasteiger partial charge is 0.352 e. The van der Waals surface area contributed by atoms with Gasteiger partial charge in [-0.3, -0.25) is 14.9 Å². The molecule has 2 aromatic carbocycles. The number of carbonyl (C=O) groups is 1. The van der Waals surface area contributed by atoms with Crippen molar-refractivity contribution in [2.75, 3.05) is 31.1 Å². The lowest BCUT2D eigenvalue weighted by Crippen LogP contribution is -2.49. The standard InChI is InChI=1S/C27H29N7O3/c1-4-8-23-28-25(24-19(3)30-33(26(24)29-23)21-9-6-5-7-10-21)31-13-15-32(16-14-31)27(35)20-12-11-18(2)22(17-20)34(36)37/h5-7,9-12,17H,4,8,13-16H2,1-3H3. The molecule has 0 bridgehead atoms. The second kappa shape index (κ2) is 9.96. The minimum absolute atomic E-state index is 0.0396. The van der Waals surface area contributed by atoms with E-state index in [9.17, 15) is 14.9 Å². The first kappa shape index (κ1) is 24.4. The monoisotopic (exact) mass is 499 g/mol. The van der Waals surface area contributed by atoms with Crippen LogP contribution in [0.4, 0.5) is 11.5 Å². The van der Waals surface area contributed by atoms with E-state index in [4.69, 9.17) is 15.1 Å². The van der Waals surface area contributed by atoms with Crippen LogP contribution in [0.25, 0.3) is 16.7 Å². The number of fused-ring (bicyclic) bond motifs is 1. The fourth-order valence-electron chi connectivity index (χ4n) is 4.76. The smallest absolute Gasteiger partial charge is 0.273 e. The van der Waals surface area contributed by atoms with Gasteiger partial charge in [-0.15, -0.1) is 0 Å². The van der Waals surface area contributed by atoms with Crippen molar-refractivity contribution in [1.82, 2.24) is 24.6 Å². The molecule has 10 nitrogen and oxygen atoms in total. The molecule has 0 unspecified atom stereocenters. The number of hydrogen-bond donors (Lipinski definition) is 0. The highest BCUT2D eigenvalue weighted by Gasteiger charge is 2.27. The third-order valence-electron chi connectivity index (χ3n) is 6.72. The number of nitro benzene ring substituents is 1. The predicted molar refractivity (Wildman–Crippen MR) is 141 cm³/mol. The van der Waals surface area contributed by atoms with Gasteiger partial charge in [0.05, 0.1) is 21.7 Å². The third-order valence-corrected chi connectivity index (χ3v) is 6.72. The molecule has 1 aliphatic rings. The number of nitrogens with zero attached hydrogens (tertiary/aromatic N) is 7. The topological polar surface area (TPSA) is 110 Å². The predicted octanol–water partition coefficient (Wildman–Crippen LogP) is 4.26. The number of benzene rings is 2. The van der Waals surface area contributed by atoms with E-state index in [1.165, 1.54) is 6.07 Å². The summed E-state index contributed by atoms with van der Waals surface area (Å²) in [7, 11) is 0. The Morgan fingerprint density at radius 1 is 1.03 bits per heavy atom. The second-order valence-electron chi connectivity index (χ2n) is 9.28. The number of hydrogen-bond acceptors (Lipinski definition) is 7. The van der Waals surface area contributed by atoms with Gasteiger partial charge in [-0.05, 0) is 38.5 Å². The summed E-state index contributed by atoms with van der Waals surface area (Å²) in [4.78, 5) is 37.8. The summed E-state index contributed by atoms with van der Waals surface area (Å²) in [5.74, 6) is 1.41. The first-order valence-electron chi connectivity index (χ1n) is 12.5. The van der Waals surface area contributed by atoms with Crippen LogP contribution in [-0.2, 0) is 6.42 Å². The Balaban J connectivity index is 1.44. The van der Waals surface area contributed by atoms with Gasteiger partial charge < -0.3 is 9.80 Å². The number of para-hydroxylation sites is 1. The van der Waals surface area contributed by atoms with Crippen LogP contribution in [-0.4, -0.2) is 61.7 Å². The van der Waals surface area contributed by atoms with E-state index in [-0.39, 0.29) is 11.6 Å². The van der Waals surface area contributed by atoms with E-state index >= 15 is 0 Å². The molecule has 0 aliphatic carbocycles. The number of rotatable bonds is 6. The van der Waals surface area contributed by atoms with Crippen molar-refractivity contribution in [3.63, 3.8) is 0 Å². The van der Waals surface area contributed by atoms with Crippen molar-refractivity contribution in [1.29, 1.82) is 0 Å². The molecule has 37 heavy (non-hydrogen) atoms. The van der Waals surface area contributed by atoms with Crippen LogP contribution in [0.3, 0.4) is 0 Å². The molecule has 1 saturated heterocycles. The van der Waals surface area contributed by atoms with Crippen LogP contribution in [0, 0.1) is 24.0 Å². The van der Waals surface area contributed by atoms with Crippen molar-refractivity contribution >= 4 is 28.4 Å². The Kier molecular flexibility index (Phi) is 6.56. The van der Waals surface area contributed by atoms with E-state index in [2.05, 4.69) is 11.8 Å². The zero-order chi connectivity index (χ0) is 26.1. The first-order chi connectivity index (χ1) is 17.9. The van der Waals surface area contributed by atoms with Crippen LogP contribution in [0.2, 0.25) is 0 Å². The average molecular weight is 500 g/mol. The Bertz CT molecular complexity index is 1470. The number of carbonyl (C=O) groups excluding carboxylic acids is 1. The lowest BCUT2D eigenvalue weighted by Gasteiger charge is -2.35. The maximum atomic E-state index is 13.1. The number of aromatic nitrogens is 4. The highest BCUT2D eigenvalue weighted by Crippen LogP contribution is 2.30. The third kappa shape index (κ3) is 4.62. The summed E-state index contributed by atoms with van der Waals surface area (Å²) in [5.41, 5.74) is 3.40. The summed E-state index contributed by atoms with van der Waals surface area (Å²) >= 11 is 0. The first-order valence-corrected chi connectivity index (χ1v) is 12.5. The molecule has 0 spiro atoms. The average Bonchev–Trinajstić information content (AvgIpc) is 3.25. The molecule has 2 aromatic heterocycles. The van der Waals surface area contributed by atoms with E-state index in [0.717, 1.165) is 46.9 Å². The minimum Gasteiger partial charge on any atom is -0.352 e. The molecule has 0 N–H and O–H groups in total. The van der Waals surface area contributed by atoms with Crippen LogP contribution >= 0.6 is 0 Å². The summed E-state index contributed by atoms with van der Waals surface area (Å²) in [6, 6.07) is 14.6. The Hall–Kier alpha value is -4.34. The molecule has 1 amide bonds. The quantitative estimate of drug-likeness (QED) is 0.288. The SMILES string of the molecule is CCCc1nc(N2CCN(C(=O)c3ccc(C)c([N+](=O)[O-])c3)CC2)c2c(C)nn(-c3ccccc3)c2n1. The van der Waals surface area contributed by atoms with Gasteiger partial charge in [-0.1, -0.05) is 31.2 Å². The van der Waals surface area contributed by atoms with Gasteiger partial charge >= 0.3 is 0 Å². The number of piperazine rings is 1. The van der Waals surface area contributed by atoms with Crippen LogP contribution in [0.15, 0.2) is 48.5 Å². The van der Waals surface area contributed by atoms with E-state index in [1.54, 1.807) is 24.0 Å². The van der Waals surface area contributed by atoms with Crippen molar-refractivity contribution in [2.45, 2.75) is 33.6 Å². The summed E-state index contributed by atoms with van der Waals surface area (Å²) in [6.07, 6.45) is 1.68. The molecule has 5 rings (SSSR count). The van der Waals surface area contributed by atoms with Crippen molar-refractivity contribution in [2.24, 2.45) is 0 Å². The van der Waals surface area contributed by atoms with Gasteiger partial charge in [0.25, 0.3) is 11.6 Å². The fourth-order valence-corrected chi connectivity index (χ4v) is 4.76. The normalized spacial score (nSPS) is 13.8. The van der Waals surface area contributed by atoms with Crippen molar-refractivity contribution in [3.8, 4) is 5.69 Å². The molecule has 0 saturated carbocycles. The summed E-state index contributed by atoms with van der Waals surface area (Å²) in [5, 5.41) is 17.0. The highest BCUT2D eigenvalue weighted by atomic mass is 16.6. The second-order valence-corrected chi connectivity index (χ2v) is 9.28. The molecule has 1 aliphatic heterocycles. The van der Waals surface area contributed by atoms with Gasteiger partial charge in [-0.25, -0.2) is 14.6 Å². The maximum Gasteiger partial charge on any atom is 0.273 e. The molecule has 190 valence electrons. The molecule has 0 radical (unpaired) electrons. The molecular formula is C27H29N7O3. The van der Waals surface area contributed by atoms with Gasteiger partial charge in [0, 0.05) is 49.8 Å². The number of amides is 1. The van der Waals surface area contributed by atoms with Crippen molar-refractivity contribution < 1.29 is 9.72 Å². The van der Waals surface area contributed by atoms with E-state index in [1.807, 2.05) is 41.9 Å². The van der Waals surface area contributed by atoms with Gasteiger partial charge in [0.2, 0.25) is 0 Å². The molecule has 10 heteroatoms. The minimum atomic E-state index is -0.448. The molecule has 3 heterocycles. The molecule has 4 aromatic rings. The van der Waals surface area contributed by atoms with Gasteiger partial charge in [0.15, 0.2) is 5.65 Å². The summed E-state index contributed by atoms with van der Waals surface area (Å²) < 4.78 is 1.87. The van der Waals surface area contributed by atoms with Crippen LogP contribution in [0.5, 0.6) is 0 Å². The summed E-state index contributed by atoms with van der Waals surface area (Å²) in [6.45, 7) is 7.90. The zero-order valence-electron chi connectivity index (χ0n) is 21.2. The van der Waals surface area contributed by atoms with Crippen molar-refractivity contribution in [3.05, 3.63) is 81.3 Å². The lowest BCUT2D eigenvalue weighted by atomic mass is 10.1. The van der Waals surface area contributed by atoms with E-state index in [0.29, 0.717) is 37.3 Å². The highest BCUT2D eigenvalue weighted by molar-refractivity contribution is 5.95. The molecule has 0 atom stereocenters. The van der Waals surface area contributed by atoms with Gasteiger partial charge in [-0.2, -0.15) is 5.10 Å². The lowest BCUT2D eigenvalue weighted by molar-refractivity contribution is -0.385. The Morgan fingerprint density at radius 3 is 2.43 bits per heavy atom. The van der Waals surface area contributed by atoms with Crippen LogP contribution in [0.1, 0.15) is 40.8 Å². The zero-order valence-corrected chi connectivity index (χ0v) is 21.2. The van der Waals surface area contributed by atoms with Gasteiger partial charge in [0.1, 0.15) is 11.6 Å². The van der Waals surface area contributed by atoms with Crippen LogP contribution < -0.4 is 4.90 Å².